The molecule has 0 aliphatic carbocycles. The number of para-hydroxylation sites is 1. The number of carbonyl (C=O) groups is 16. The molecule has 1 fully saturated rings. The van der Waals surface area contributed by atoms with Crippen molar-refractivity contribution in [2.24, 2.45) is 34.8 Å². The Hall–Kier alpha value is -12.3. The van der Waals surface area contributed by atoms with Crippen molar-refractivity contribution in [2.45, 2.75) is 204 Å². The summed E-state index contributed by atoms with van der Waals surface area (Å²) in [7, 11) is 2.56. The number of nitrogens with one attached hydrogen (secondary N) is 16. The molecule has 1 saturated heterocycles. The van der Waals surface area contributed by atoms with Gasteiger partial charge in [-0.15, -0.1) is 11.8 Å². The number of benzene rings is 2. The van der Waals surface area contributed by atoms with E-state index in [0.29, 0.717) is 66.4 Å². The number of ketones is 1. The number of aliphatic carboxylic acids is 1. The zero-order valence-corrected chi connectivity index (χ0v) is 70.8. The molecule has 0 radical (unpaired) electrons. The molecule has 4 aromatic rings. The number of likely N-dealkylation sites (tertiary alicyclic amines) is 1. The van der Waals surface area contributed by atoms with Gasteiger partial charge < -0.3 is 122 Å². The zero-order valence-electron chi connectivity index (χ0n) is 70.0. The molecule has 1 aliphatic rings. The number of hydrogen-bond donors (Lipinski definition) is 22. The first-order chi connectivity index (χ1) is 57.8. The molecule has 3 heterocycles. The Morgan fingerprint density at radius 2 is 1.14 bits per heavy atom. The minimum Gasteiger partial charge on any atom is -0.481 e. The summed E-state index contributed by atoms with van der Waals surface area (Å²) in [6.07, 6.45) is 5.01. The second-order valence-corrected chi connectivity index (χ2v) is 31.5. The van der Waals surface area contributed by atoms with Crippen LogP contribution >= 0.6 is 11.8 Å². The van der Waals surface area contributed by atoms with E-state index in [1.54, 1.807) is 81.6 Å². The number of fused-ring (bicyclic) bond motifs is 1. The molecular weight excluding hydrogens is 1610 g/mol. The maximum atomic E-state index is 15.2. The van der Waals surface area contributed by atoms with Gasteiger partial charge in [0.1, 0.15) is 66.5 Å². The number of rotatable bonds is 53. The number of likely N-dealkylation sites (N-methyl/N-ethyl adjacent to an activating group) is 2. The summed E-state index contributed by atoms with van der Waals surface area (Å²) in [5, 5.41) is 67.2. The van der Waals surface area contributed by atoms with E-state index < -0.39 is 192 Å². The first-order valence-electron chi connectivity index (χ1n) is 40.3. The van der Waals surface area contributed by atoms with Gasteiger partial charge in [-0.25, -0.2) is 4.98 Å². The summed E-state index contributed by atoms with van der Waals surface area (Å²) in [5.74, 6) is -15.5. The number of aromatic amines is 2. The fourth-order valence-electron chi connectivity index (χ4n) is 13.2. The van der Waals surface area contributed by atoms with Gasteiger partial charge in [-0.2, -0.15) is 0 Å². The molecule has 1 aliphatic heterocycles. The molecule has 0 spiro atoms. The molecule has 0 bridgehead atoms. The monoisotopic (exact) mass is 1720 g/mol. The molecule has 0 saturated carbocycles. The number of unbranched alkanes of at least 4 members (excludes halogenated alkanes) is 1. The van der Waals surface area contributed by atoms with Gasteiger partial charge in [0.15, 0.2) is 17.7 Å². The third-order valence-electron chi connectivity index (χ3n) is 20.4. The number of thioether (sulfide) groups is 1. The highest BCUT2D eigenvalue weighted by Gasteiger charge is 2.42. The average Bonchev–Trinajstić information content (AvgIpc) is 1.63. The van der Waals surface area contributed by atoms with Crippen LogP contribution in [0.5, 0.6) is 0 Å². The van der Waals surface area contributed by atoms with Gasteiger partial charge in [0.05, 0.1) is 37.7 Å². The number of aromatic nitrogens is 3. The van der Waals surface area contributed by atoms with Gasteiger partial charge in [0, 0.05) is 93.7 Å². The predicted molar refractivity (Wildman–Crippen MR) is 450 cm³/mol. The Labute approximate surface area is 710 Å². The molecule has 670 valence electrons. The molecule has 0 unspecified atom stereocenters. The minimum atomic E-state index is -1.78. The lowest BCUT2D eigenvalue weighted by Crippen LogP contribution is -2.61. The summed E-state index contributed by atoms with van der Waals surface area (Å²) >= 11 is 0.926. The van der Waals surface area contributed by atoms with Crippen molar-refractivity contribution in [3.63, 3.8) is 0 Å². The fraction of sp³-hybridized carbons (Fsp3) is 0.557. The topological polar surface area (TPSA) is 664 Å². The molecule has 42 nitrogen and oxygen atoms in total. The number of carboxylic acids is 1. The number of hydrogen-bond acceptors (Lipinski definition) is 22. The van der Waals surface area contributed by atoms with Gasteiger partial charge in [-0.1, -0.05) is 69.3 Å². The maximum Gasteiger partial charge on any atom is 0.305 e. The van der Waals surface area contributed by atoms with Crippen LogP contribution in [-0.4, -0.2) is 284 Å². The third-order valence-corrected chi connectivity index (χ3v) is 21.4. The molecule has 43 heteroatoms. The van der Waals surface area contributed by atoms with Crippen molar-refractivity contribution >= 4 is 129 Å². The summed E-state index contributed by atoms with van der Waals surface area (Å²) in [6, 6.07) is -1.28. The summed E-state index contributed by atoms with van der Waals surface area (Å²) < 4.78 is 0. The summed E-state index contributed by atoms with van der Waals surface area (Å²) in [6.45, 7) is 7.97. The van der Waals surface area contributed by atoms with Crippen LogP contribution in [-0.2, 0) is 96.0 Å². The fourth-order valence-corrected chi connectivity index (χ4v) is 14.1. The Morgan fingerprint density at radius 3 is 1.73 bits per heavy atom. The van der Waals surface area contributed by atoms with Gasteiger partial charge in [-0.3, -0.25) is 87.5 Å². The second-order valence-electron chi connectivity index (χ2n) is 30.5. The van der Waals surface area contributed by atoms with Crippen LogP contribution in [0, 0.1) is 22.7 Å². The first kappa shape index (κ1) is 100. The van der Waals surface area contributed by atoms with Gasteiger partial charge in [0.2, 0.25) is 82.7 Å². The largest absolute Gasteiger partial charge is 0.481 e. The number of nitrogens with two attached hydrogens (primary N) is 4. The molecule has 5 rings (SSSR count). The van der Waals surface area contributed by atoms with E-state index in [4.69, 9.17) is 33.8 Å². The van der Waals surface area contributed by atoms with E-state index in [1.807, 2.05) is 0 Å². The maximum absolute atomic E-state index is 15.2. The van der Waals surface area contributed by atoms with Gasteiger partial charge in [-0.05, 0) is 115 Å². The van der Waals surface area contributed by atoms with E-state index in [2.05, 4.69) is 78.8 Å². The lowest BCUT2D eigenvalue weighted by Gasteiger charge is -2.32. The van der Waals surface area contributed by atoms with Crippen LogP contribution in [0.25, 0.3) is 10.9 Å². The zero-order chi connectivity index (χ0) is 90.4. The van der Waals surface area contributed by atoms with E-state index in [1.165, 1.54) is 45.4 Å². The lowest BCUT2D eigenvalue weighted by atomic mass is 10.0. The molecule has 14 amide bonds. The highest BCUT2D eigenvalue weighted by atomic mass is 32.2. The summed E-state index contributed by atoms with van der Waals surface area (Å²) in [4.78, 5) is 235. The number of carboxylic acid groups (broad SMARTS) is 1. The number of Topliss-reactive ketones (excluding diaryl/α,β-unsaturated/α-hetero) is 1. The Balaban J connectivity index is 1.34. The number of carbonyl (C=O) groups excluding carboxylic acids is 15. The predicted octanol–water partition coefficient (Wildman–Crippen LogP) is -4.30. The standard InChI is InChI=1S/C79H120N24O18S/c1-43(2)31-56(96-73(117)60(39-104)99-68(112)46(5)101(7)75(119)53(24-14-15-27-80)94-71(115)57(32-48-20-10-9-11-21-48)92-64(107)41-122-40-61(69(113)90-38-63(81)106)100-66(110)44(3)19-16-28-87-78(82)83)70(114)97-58(34-50-37-86-42-91-50)72(116)98-59(33-49-36-89-52-23-13-12-22-51(49)52)76(120)102(8)45(4)67(111)93-54(25-17-29-88-79(84)85)77(121)103-30-18-26-62(103)74(118)95-55(47(6)105)35-65(108)109/h9-13,20-23,36-37,42-46,53-62,89,104H,14-19,24-35,38-41,80H2,1-8H3,(H2,81,106)(H,86,91)(H,90,113)(H,92,107)(H,93,111)(H,94,115)(H,95,118)(H,96,117)(H,97,114)(H,98,116)(H,99,112)(H,100,110)(H,108,109)(H4,82,83,87)(H4,84,85,88)/t44-,45-,46-,53-,54-,55-,56-,57-,58-,59-,60-,61-,62-/m0/s1. The van der Waals surface area contributed by atoms with Crippen LogP contribution in [0.1, 0.15) is 129 Å². The number of primary amides is 1. The number of nitrogens with zero attached hydrogens (tertiary/aromatic N) is 4. The van der Waals surface area contributed by atoms with Crippen molar-refractivity contribution < 1.29 is 86.9 Å². The number of guanidine groups is 2. The van der Waals surface area contributed by atoms with Crippen LogP contribution < -0.4 is 86.7 Å². The number of imidazole rings is 1. The van der Waals surface area contributed by atoms with E-state index >= 15 is 9.59 Å². The van der Waals surface area contributed by atoms with Crippen molar-refractivity contribution in [3.05, 3.63) is 90.1 Å². The third kappa shape index (κ3) is 33.0. The molecule has 122 heavy (non-hydrogen) atoms. The van der Waals surface area contributed by atoms with Gasteiger partial charge >= 0.3 is 5.97 Å². The van der Waals surface area contributed by atoms with Crippen LogP contribution in [0.2, 0.25) is 0 Å². The number of amides is 14. The van der Waals surface area contributed by atoms with Crippen molar-refractivity contribution in [3.8, 4) is 0 Å². The number of aliphatic hydroxyl groups excluding tert-OH is 1. The summed E-state index contributed by atoms with van der Waals surface area (Å²) in [5.41, 5.74) is 24.1. The highest BCUT2D eigenvalue weighted by Crippen LogP contribution is 2.24. The van der Waals surface area contributed by atoms with E-state index in [0.717, 1.165) is 28.5 Å². The second kappa shape index (κ2) is 50.7. The highest BCUT2D eigenvalue weighted by molar-refractivity contribution is 8.00. The average molecular weight is 1730 g/mol. The van der Waals surface area contributed by atoms with Crippen LogP contribution in [0.3, 0.4) is 0 Å². The van der Waals surface area contributed by atoms with E-state index in [-0.39, 0.29) is 100 Å². The SMILES string of the molecule is CC(=O)[C@H](CC(=O)O)NC(=O)[C@@H]1CCCN1C(=O)[C@H](CCCNC(=N)N)NC(=O)[C@H](C)N(C)C(=O)[C@H](Cc1c[nH]c2ccccc12)NC(=O)[C@H](Cc1cnc[nH]1)NC(=O)[C@H](CC(C)C)NC(=O)[C@H](CO)NC(=O)[C@H](C)N(C)C(=O)[C@H](CCCCN)NC(=O)[C@H](Cc1ccccc1)NC(=O)CSC[C@H](NC(=O)[C@@H](C)CCCNC(=N)N)C(=O)NCC(N)=O. The first-order valence-corrected chi connectivity index (χ1v) is 41.4. The Kier molecular flexibility index (Phi) is 41.7. The van der Waals surface area contributed by atoms with Crippen molar-refractivity contribution in [1.82, 2.24) is 93.5 Å². The molecule has 2 aromatic heterocycles. The van der Waals surface area contributed by atoms with Crippen LogP contribution in [0.15, 0.2) is 73.3 Å². The van der Waals surface area contributed by atoms with Gasteiger partial charge in [0.25, 0.3) is 0 Å². The Bertz CT molecular complexity index is 4270. The Morgan fingerprint density at radius 1 is 0.590 bits per heavy atom. The normalized spacial score (nSPS) is 15.3. The number of H-pyrrole nitrogens is 2. The lowest BCUT2D eigenvalue weighted by molar-refractivity contribution is -0.145. The van der Waals surface area contributed by atoms with Crippen molar-refractivity contribution in [2.75, 3.05) is 64.9 Å². The minimum absolute atomic E-state index is 0.00806. The van der Waals surface area contributed by atoms with Crippen LogP contribution in [0.4, 0.5) is 0 Å². The quantitative estimate of drug-likeness (QED) is 0.0113. The van der Waals surface area contributed by atoms with E-state index in [9.17, 15) is 77.3 Å². The molecule has 26 N–H and O–H groups in total. The molecular formula is C79H120N24O18S. The smallest absolute Gasteiger partial charge is 0.305 e. The number of aliphatic hydroxyl groups is 1. The molecule has 13 atom stereocenters. The molecule has 2 aromatic carbocycles. The van der Waals surface area contributed by atoms with Crippen molar-refractivity contribution in [1.29, 1.82) is 10.8 Å².